The Kier molecular flexibility index (Phi) is 4.87. The zero-order chi connectivity index (χ0) is 13.9. The molecule has 0 saturated heterocycles. The number of methoxy groups -OCH3 is 1. The summed E-state index contributed by atoms with van der Waals surface area (Å²) < 4.78 is 11.0. The minimum absolute atomic E-state index is 0.458. The number of anilines is 1. The number of amides is 1. The van der Waals surface area contributed by atoms with Gasteiger partial charge in [-0.25, -0.2) is 4.79 Å². The van der Waals surface area contributed by atoms with Gasteiger partial charge >= 0.3 is 6.09 Å². The topological polar surface area (TPSA) is 47.6 Å². The lowest BCUT2D eigenvalue weighted by Crippen LogP contribution is -2.27. The molecule has 0 atom stereocenters. The van der Waals surface area contributed by atoms with E-state index < -0.39 is 11.7 Å². The lowest BCUT2D eigenvalue weighted by Gasteiger charge is -2.20. The summed E-state index contributed by atoms with van der Waals surface area (Å²) in [6, 6.07) is 3.27. The fourth-order valence-electron chi connectivity index (χ4n) is 1.21. The minimum Gasteiger partial charge on any atom is -0.495 e. The number of carbonyl (C=O) groups excluding carboxylic acids is 1. The molecular weight excluding hydrogens is 321 g/mol. The standard InChI is InChI=1S/C12H15BrClNO3/c1-12(2,3)18-11(16)15-9-6-8(14)7(13)5-10(9)17-4/h5-6H,1-4H3,(H,15,16). The molecular formula is C12H15BrClNO3. The predicted molar refractivity (Wildman–Crippen MR) is 75.6 cm³/mol. The molecule has 0 radical (unpaired) electrons. The third-order valence-corrected chi connectivity index (χ3v) is 3.08. The van der Waals surface area contributed by atoms with Crippen LogP contribution in [0.3, 0.4) is 0 Å². The molecule has 100 valence electrons. The fraction of sp³-hybridized carbons (Fsp3) is 0.417. The van der Waals surface area contributed by atoms with Crippen LogP contribution in [-0.2, 0) is 4.74 Å². The monoisotopic (exact) mass is 335 g/mol. The van der Waals surface area contributed by atoms with Crippen LogP contribution >= 0.6 is 27.5 Å². The maximum Gasteiger partial charge on any atom is 0.412 e. The number of carbonyl (C=O) groups is 1. The average molecular weight is 337 g/mol. The molecule has 0 aromatic heterocycles. The molecule has 6 heteroatoms. The number of hydrogen-bond acceptors (Lipinski definition) is 3. The van der Waals surface area contributed by atoms with Crippen molar-refractivity contribution in [1.29, 1.82) is 0 Å². The molecule has 0 aliphatic carbocycles. The number of benzene rings is 1. The second kappa shape index (κ2) is 5.80. The zero-order valence-electron chi connectivity index (χ0n) is 10.6. The molecule has 4 nitrogen and oxygen atoms in total. The van der Waals surface area contributed by atoms with E-state index in [2.05, 4.69) is 21.2 Å². The lowest BCUT2D eigenvalue weighted by atomic mass is 10.2. The molecule has 0 unspecified atom stereocenters. The van der Waals surface area contributed by atoms with Gasteiger partial charge in [0.25, 0.3) is 0 Å². The number of ether oxygens (including phenoxy) is 2. The average Bonchev–Trinajstić information content (AvgIpc) is 2.20. The maximum atomic E-state index is 11.6. The first-order valence-corrected chi connectivity index (χ1v) is 6.43. The fourth-order valence-corrected chi connectivity index (χ4v) is 1.69. The summed E-state index contributed by atoms with van der Waals surface area (Å²) in [4.78, 5) is 11.6. The van der Waals surface area contributed by atoms with E-state index in [1.54, 1.807) is 32.9 Å². The van der Waals surface area contributed by atoms with Gasteiger partial charge in [0.15, 0.2) is 0 Å². The van der Waals surface area contributed by atoms with Crippen LogP contribution in [0.4, 0.5) is 10.5 Å². The Labute approximate surface area is 120 Å². The molecule has 0 aliphatic rings. The molecule has 1 aromatic rings. The van der Waals surface area contributed by atoms with Crippen LogP contribution < -0.4 is 10.1 Å². The van der Waals surface area contributed by atoms with Crippen LogP contribution in [0, 0.1) is 0 Å². The maximum absolute atomic E-state index is 11.6. The van der Waals surface area contributed by atoms with Crippen molar-refractivity contribution < 1.29 is 14.3 Å². The van der Waals surface area contributed by atoms with Crippen LogP contribution in [0.2, 0.25) is 5.02 Å². The van der Waals surface area contributed by atoms with Crippen molar-refractivity contribution in [3.63, 3.8) is 0 Å². The van der Waals surface area contributed by atoms with Gasteiger partial charge in [-0.1, -0.05) is 11.6 Å². The van der Waals surface area contributed by atoms with Gasteiger partial charge in [-0.3, -0.25) is 5.32 Å². The van der Waals surface area contributed by atoms with Crippen LogP contribution in [0.5, 0.6) is 5.75 Å². The van der Waals surface area contributed by atoms with Crippen molar-refractivity contribution in [3.05, 3.63) is 21.6 Å². The largest absolute Gasteiger partial charge is 0.495 e. The summed E-state index contributed by atoms with van der Waals surface area (Å²) >= 11 is 9.24. The van der Waals surface area contributed by atoms with Crippen molar-refractivity contribution in [2.24, 2.45) is 0 Å². The van der Waals surface area contributed by atoms with Gasteiger partial charge in [0.2, 0.25) is 0 Å². The summed E-state index contributed by atoms with van der Waals surface area (Å²) in [5.41, 5.74) is -0.101. The predicted octanol–water partition coefficient (Wildman–Crippen LogP) is 4.46. The van der Waals surface area contributed by atoms with Crippen LogP contribution in [0.25, 0.3) is 0 Å². The van der Waals surface area contributed by atoms with Gasteiger partial charge < -0.3 is 9.47 Å². The van der Waals surface area contributed by atoms with E-state index in [0.29, 0.717) is 20.9 Å². The van der Waals surface area contributed by atoms with Gasteiger partial charge in [-0.2, -0.15) is 0 Å². The van der Waals surface area contributed by atoms with E-state index in [1.807, 2.05) is 0 Å². The van der Waals surface area contributed by atoms with Gasteiger partial charge in [-0.15, -0.1) is 0 Å². The molecule has 1 N–H and O–H groups in total. The first-order chi connectivity index (χ1) is 8.23. The smallest absolute Gasteiger partial charge is 0.412 e. The van der Waals surface area contributed by atoms with E-state index >= 15 is 0 Å². The second-order valence-electron chi connectivity index (χ2n) is 4.59. The third-order valence-electron chi connectivity index (χ3n) is 1.88. The highest BCUT2D eigenvalue weighted by atomic mass is 79.9. The third kappa shape index (κ3) is 4.38. The number of nitrogens with one attached hydrogen (secondary N) is 1. The molecule has 1 rings (SSSR count). The van der Waals surface area contributed by atoms with Crippen molar-refractivity contribution in [2.75, 3.05) is 12.4 Å². The second-order valence-corrected chi connectivity index (χ2v) is 5.86. The van der Waals surface area contributed by atoms with Crippen LogP contribution in [0.1, 0.15) is 20.8 Å². The summed E-state index contributed by atoms with van der Waals surface area (Å²) in [5.74, 6) is 0.497. The Hall–Kier alpha value is -0.940. The van der Waals surface area contributed by atoms with Crippen molar-refractivity contribution in [1.82, 2.24) is 0 Å². The summed E-state index contributed by atoms with van der Waals surface area (Å²) in [7, 11) is 1.51. The summed E-state index contributed by atoms with van der Waals surface area (Å²) in [6.45, 7) is 5.37. The zero-order valence-corrected chi connectivity index (χ0v) is 13.0. The van der Waals surface area contributed by atoms with Crippen LogP contribution in [0.15, 0.2) is 16.6 Å². The Balaban J connectivity index is 2.90. The molecule has 0 bridgehead atoms. The quantitative estimate of drug-likeness (QED) is 0.867. The van der Waals surface area contributed by atoms with E-state index in [-0.39, 0.29) is 0 Å². The van der Waals surface area contributed by atoms with Gasteiger partial charge in [0.05, 0.1) is 17.8 Å². The van der Waals surface area contributed by atoms with Crippen molar-refractivity contribution >= 4 is 39.3 Å². The van der Waals surface area contributed by atoms with E-state index in [0.717, 1.165) is 0 Å². The number of halogens is 2. The molecule has 0 heterocycles. The van der Waals surface area contributed by atoms with Gasteiger partial charge in [0, 0.05) is 4.47 Å². The van der Waals surface area contributed by atoms with E-state index in [4.69, 9.17) is 21.1 Å². The van der Waals surface area contributed by atoms with Gasteiger partial charge in [0.1, 0.15) is 11.4 Å². The Morgan fingerprint density at radius 2 is 2.00 bits per heavy atom. The van der Waals surface area contributed by atoms with Gasteiger partial charge in [-0.05, 0) is 48.8 Å². The SMILES string of the molecule is COc1cc(Br)c(Cl)cc1NC(=O)OC(C)(C)C. The highest BCUT2D eigenvalue weighted by molar-refractivity contribution is 9.10. The molecule has 0 saturated carbocycles. The van der Waals surface area contributed by atoms with E-state index in [9.17, 15) is 4.79 Å². The molecule has 0 aliphatic heterocycles. The Bertz CT molecular complexity index is 457. The molecule has 1 aromatic carbocycles. The van der Waals surface area contributed by atoms with Crippen molar-refractivity contribution in [2.45, 2.75) is 26.4 Å². The Morgan fingerprint density at radius 3 is 2.50 bits per heavy atom. The molecule has 0 fully saturated rings. The highest BCUT2D eigenvalue weighted by Gasteiger charge is 2.18. The molecule has 18 heavy (non-hydrogen) atoms. The lowest BCUT2D eigenvalue weighted by molar-refractivity contribution is 0.0635. The molecule has 1 amide bonds. The van der Waals surface area contributed by atoms with Crippen LogP contribution in [-0.4, -0.2) is 18.8 Å². The number of hydrogen-bond donors (Lipinski definition) is 1. The number of rotatable bonds is 2. The summed E-state index contributed by atoms with van der Waals surface area (Å²) in [5, 5.41) is 3.07. The highest BCUT2D eigenvalue weighted by Crippen LogP contribution is 2.34. The first-order valence-electron chi connectivity index (χ1n) is 5.26. The minimum atomic E-state index is -0.559. The Morgan fingerprint density at radius 1 is 1.39 bits per heavy atom. The van der Waals surface area contributed by atoms with E-state index in [1.165, 1.54) is 7.11 Å². The first kappa shape index (κ1) is 15.1. The van der Waals surface area contributed by atoms with Crippen molar-refractivity contribution in [3.8, 4) is 5.75 Å². The molecule has 0 spiro atoms. The summed E-state index contributed by atoms with van der Waals surface area (Å²) in [6.07, 6.45) is -0.556. The normalized spacial score (nSPS) is 11.0.